The van der Waals surface area contributed by atoms with Crippen LogP contribution < -0.4 is 10.9 Å². The van der Waals surface area contributed by atoms with E-state index in [2.05, 4.69) is 15.3 Å². The number of H-pyrrole nitrogens is 1. The molecule has 2 N–H and O–H groups in total. The molecule has 7 nitrogen and oxygen atoms in total. The third kappa shape index (κ3) is 5.53. The zero-order valence-corrected chi connectivity index (χ0v) is 20.6. The van der Waals surface area contributed by atoms with Crippen LogP contribution >= 0.6 is 0 Å². The molecule has 0 saturated carbocycles. The second-order valence-electron chi connectivity index (χ2n) is 9.35. The first kappa shape index (κ1) is 25.7. The summed E-state index contributed by atoms with van der Waals surface area (Å²) in [6.07, 6.45) is -3.86. The highest BCUT2D eigenvalue weighted by atomic mass is 19.4. The summed E-state index contributed by atoms with van der Waals surface area (Å²) in [7, 11) is 0. The van der Waals surface area contributed by atoms with E-state index in [1.807, 2.05) is 13.8 Å². The minimum absolute atomic E-state index is 0.00925. The Hall–Kier alpha value is -3.40. The lowest BCUT2D eigenvalue weighted by Gasteiger charge is -2.23. The van der Waals surface area contributed by atoms with Crippen LogP contribution in [-0.2, 0) is 10.9 Å². The van der Waals surface area contributed by atoms with Gasteiger partial charge in [0.2, 0.25) is 0 Å². The number of nitrogens with one attached hydrogen (secondary N) is 2. The van der Waals surface area contributed by atoms with Gasteiger partial charge >= 0.3 is 6.18 Å². The number of ether oxygens (including phenoxy) is 1. The number of aromatic amines is 1. The van der Waals surface area contributed by atoms with Crippen molar-refractivity contribution in [3.05, 3.63) is 69.3 Å². The number of benzene rings is 2. The molecule has 1 aromatic heterocycles. The number of aromatic nitrogens is 2. The van der Waals surface area contributed by atoms with Crippen molar-refractivity contribution in [2.24, 2.45) is 0 Å². The number of nitrogens with zero attached hydrogens (tertiary/aromatic N) is 2. The van der Waals surface area contributed by atoms with Crippen LogP contribution in [0.4, 0.5) is 18.9 Å². The molecule has 1 amide bonds. The third-order valence-electron chi connectivity index (χ3n) is 6.32. The Morgan fingerprint density at radius 3 is 2.56 bits per heavy atom. The number of carbonyl (C=O) groups excluding carboxylic acids is 1. The van der Waals surface area contributed by atoms with E-state index in [9.17, 15) is 22.8 Å². The molecule has 36 heavy (non-hydrogen) atoms. The van der Waals surface area contributed by atoms with Crippen molar-refractivity contribution in [1.82, 2.24) is 14.9 Å². The number of halogens is 3. The maximum absolute atomic E-state index is 13.9. The number of carbonyl (C=O) groups is 1. The summed E-state index contributed by atoms with van der Waals surface area (Å²) in [6.45, 7) is 8.11. The summed E-state index contributed by atoms with van der Waals surface area (Å²) in [5.41, 5.74) is -0.394. The van der Waals surface area contributed by atoms with Gasteiger partial charge in [0.05, 0.1) is 28.7 Å². The van der Waals surface area contributed by atoms with E-state index in [4.69, 9.17) is 4.74 Å². The van der Waals surface area contributed by atoms with E-state index in [-0.39, 0.29) is 40.4 Å². The zero-order chi connectivity index (χ0) is 26.2. The Bertz CT molecular complexity index is 1320. The second-order valence-corrected chi connectivity index (χ2v) is 9.35. The Kier molecular flexibility index (Phi) is 7.08. The lowest BCUT2D eigenvalue weighted by Crippen LogP contribution is -2.35. The van der Waals surface area contributed by atoms with Crippen molar-refractivity contribution in [2.75, 3.05) is 18.4 Å². The molecule has 0 radical (unpaired) electrons. The van der Waals surface area contributed by atoms with Crippen molar-refractivity contribution in [1.29, 1.82) is 0 Å². The molecule has 2 aromatic carbocycles. The van der Waals surface area contributed by atoms with Crippen molar-refractivity contribution in [3.63, 3.8) is 0 Å². The van der Waals surface area contributed by atoms with Gasteiger partial charge in [-0.25, -0.2) is 4.98 Å². The highest BCUT2D eigenvalue weighted by Crippen LogP contribution is 2.37. The molecule has 2 heterocycles. The molecule has 4 rings (SSSR count). The standard InChI is InChI=1S/C26H29F3N4O3/c1-14-9-10-33(13-15(2)36-14)25(35)18-5-7-19(8-6-18)30-16(3)20-11-21-23(12-22(20)26(27,28)29)31-17(4)32-24(21)34/h5-8,11-12,14-16,30H,9-10,13H2,1-4H3,(H,31,32,34)/t14-,15-,16-/m0/s1. The zero-order valence-electron chi connectivity index (χ0n) is 20.6. The topological polar surface area (TPSA) is 87.3 Å². The smallest absolute Gasteiger partial charge is 0.379 e. The van der Waals surface area contributed by atoms with Gasteiger partial charge in [-0.05, 0) is 76.1 Å². The van der Waals surface area contributed by atoms with Gasteiger partial charge < -0.3 is 19.9 Å². The number of fused-ring (bicyclic) bond motifs is 1. The van der Waals surface area contributed by atoms with Crippen LogP contribution in [0.5, 0.6) is 0 Å². The molecule has 192 valence electrons. The van der Waals surface area contributed by atoms with Crippen molar-refractivity contribution < 1.29 is 22.7 Å². The Morgan fingerprint density at radius 2 is 1.89 bits per heavy atom. The predicted molar refractivity (Wildman–Crippen MR) is 131 cm³/mol. The fourth-order valence-electron chi connectivity index (χ4n) is 4.57. The largest absolute Gasteiger partial charge is 0.416 e. The lowest BCUT2D eigenvalue weighted by molar-refractivity contribution is -0.138. The Morgan fingerprint density at radius 1 is 1.19 bits per heavy atom. The number of hydrogen-bond donors (Lipinski definition) is 2. The molecule has 1 aliphatic heterocycles. The fourth-order valence-corrected chi connectivity index (χ4v) is 4.57. The highest BCUT2D eigenvalue weighted by Gasteiger charge is 2.35. The van der Waals surface area contributed by atoms with Crippen LogP contribution in [0.25, 0.3) is 10.9 Å². The van der Waals surface area contributed by atoms with E-state index >= 15 is 0 Å². The molecule has 1 fully saturated rings. The molecule has 0 bridgehead atoms. The van der Waals surface area contributed by atoms with Crippen LogP contribution in [0.2, 0.25) is 0 Å². The highest BCUT2D eigenvalue weighted by molar-refractivity contribution is 5.94. The first-order valence-corrected chi connectivity index (χ1v) is 11.9. The van der Waals surface area contributed by atoms with Crippen LogP contribution in [0.15, 0.2) is 41.2 Å². The number of rotatable bonds is 4. The molecular weight excluding hydrogens is 473 g/mol. The molecule has 0 spiro atoms. The number of aryl methyl sites for hydroxylation is 1. The Balaban J connectivity index is 1.57. The summed E-state index contributed by atoms with van der Waals surface area (Å²) >= 11 is 0. The minimum atomic E-state index is -4.63. The average Bonchev–Trinajstić information content (AvgIpc) is 2.97. The van der Waals surface area contributed by atoms with Crippen molar-refractivity contribution in [2.45, 2.75) is 58.5 Å². The Labute approximate surface area is 206 Å². The van der Waals surface area contributed by atoms with E-state index < -0.39 is 23.3 Å². The summed E-state index contributed by atoms with van der Waals surface area (Å²) in [6, 6.07) is 8.01. The molecular formula is C26H29F3N4O3. The third-order valence-corrected chi connectivity index (χ3v) is 6.32. The number of hydrogen-bond acceptors (Lipinski definition) is 5. The average molecular weight is 503 g/mol. The summed E-state index contributed by atoms with van der Waals surface area (Å²) < 4.78 is 47.4. The van der Waals surface area contributed by atoms with Gasteiger partial charge in [-0.1, -0.05) is 0 Å². The predicted octanol–water partition coefficient (Wildman–Crippen LogP) is 5.06. The monoisotopic (exact) mass is 502 g/mol. The van der Waals surface area contributed by atoms with E-state index in [1.54, 1.807) is 36.1 Å². The first-order valence-electron chi connectivity index (χ1n) is 11.9. The van der Waals surface area contributed by atoms with Crippen molar-refractivity contribution >= 4 is 22.5 Å². The van der Waals surface area contributed by atoms with E-state index in [0.29, 0.717) is 24.3 Å². The fraction of sp³-hybridized carbons (Fsp3) is 0.423. The van der Waals surface area contributed by atoms with Gasteiger partial charge in [0, 0.05) is 30.4 Å². The normalized spacial score (nSPS) is 19.7. The molecule has 1 aliphatic rings. The van der Waals surface area contributed by atoms with Gasteiger partial charge in [-0.2, -0.15) is 13.2 Å². The van der Waals surface area contributed by atoms with Gasteiger partial charge in [0.15, 0.2) is 0 Å². The maximum Gasteiger partial charge on any atom is 0.416 e. The quantitative estimate of drug-likeness (QED) is 0.521. The molecule has 10 heteroatoms. The van der Waals surface area contributed by atoms with Gasteiger partial charge in [0.25, 0.3) is 11.5 Å². The van der Waals surface area contributed by atoms with Crippen LogP contribution in [0, 0.1) is 6.92 Å². The minimum Gasteiger partial charge on any atom is -0.379 e. The molecule has 0 unspecified atom stereocenters. The summed E-state index contributed by atoms with van der Waals surface area (Å²) in [4.78, 5) is 33.7. The SMILES string of the molecule is Cc1nc2cc(C(F)(F)F)c([C@H](C)Nc3ccc(C(=O)N4CC[C@H](C)O[C@@H](C)C4)cc3)cc2c(=O)[nH]1. The molecule has 0 aliphatic carbocycles. The maximum atomic E-state index is 13.9. The molecule has 3 atom stereocenters. The van der Waals surface area contributed by atoms with Crippen LogP contribution in [-0.4, -0.2) is 46.1 Å². The number of anilines is 1. The van der Waals surface area contributed by atoms with Crippen LogP contribution in [0.1, 0.15) is 60.5 Å². The number of alkyl halides is 3. The summed E-state index contributed by atoms with van der Waals surface area (Å²) in [5.74, 6) is 0.126. The summed E-state index contributed by atoms with van der Waals surface area (Å²) in [5, 5.41) is 3.14. The number of amides is 1. The van der Waals surface area contributed by atoms with Gasteiger partial charge in [-0.3, -0.25) is 9.59 Å². The van der Waals surface area contributed by atoms with Crippen molar-refractivity contribution in [3.8, 4) is 0 Å². The van der Waals surface area contributed by atoms with E-state index in [1.165, 1.54) is 13.0 Å². The second kappa shape index (κ2) is 9.93. The first-order chi connectivity index (χ1) is 16.9. The van der Waals surface area contributed by atoms with Gasteiger partial charge in [-0.15, -0.1) is 0 Å². The molecule has 1 saturated heterocycles. The van der Waals surface area contributed by atoms with E-state index in [0.717, 1.165) is 12.5 Å². The van der Waals surface area contributed by atoms with Crippen LogP contribution in [0.3, 0.4) is 0 Å². The molecule has 3 aromatic rings. The lowest BCUT2D eigenvalue weighted by atomic mass is 9.98. The van der Waals surface area contributed by atoms with Gasteiger partial charge in [0.1, 0.15) is 5.82 Å².